The van der Waals surface area contributed by atoms with Crippen molar-refractivity contribution in [1.29, 1.82) is 0 Å². The summed E-state index contributed by atoms with van der Waals surface area (Å²) in [5.41, 5.74) is 0.381. The van der Waals surface area contributed by atoms with Gasteiger partial charge in [0.25, 0.3) is 0 Å². The molecule has 0 atom stereocenters. The minimum Gasteiger partial charge on any atom is -0.465 e. The van der Waals surface area contributed by atoms with E-state index in [2.05, 4.69) is 34.5 Å². The molecule has 2 aromatic rings. The van der Waals surface area contributed by atoms with Gasteiger partial charge in [0.15, 0.2) is 6.29 Å². The average Bonchev–Trinajstić information content (AvgIpc) is 3.27. The van der Waals surface area contributed by atoms with Gasteiger partial charge in [0.1, 0.15) is 12.3 Å². The maximum Gasteiger partial charge on any atom is 0.418 e. The van der Waals surface area contributed by atoms with Crippen molar-refractivity contribution in [3.05, 3.63) is 64.3 Å². The Balaban J connectivity index is 2.12. The summed E-state index contributed by atoms with van der Waals surface area (Å²) in [7, 11) is 2.62. The highest BCUT2D eigenvalue weighted by molar-refractivity contribution is 6.30. The van der Waals surface area contributed by atoms with Crippen LogP contribution in [-0.2, 0) is 20.5 Å². The van der Waals surface area contributed by atoms with Crippen LogP contribution in [-0.4, -0.2) is 63.3 Å². The molecule has 0 radical (unpaired) electrons. The highest BCUT2D eigenvalue weighted by atomic mass is 19.4. The zero-order chi connectivity index (χ0) is 28.6. The van der Waals surface area contributed by atoms with Crippen LogP contribution in [0.15, 0.2) is 47.3 Å². The molecule has 0 fully saturated rings. The smallest absolute Gasteiger partial charge is 0.418 e. The number of para-hydroxylation sites is 1. The second-order valence-corrected chi connectivity index (χ2v) is 8.87. The van der Waals surface area contributed by atoms with Crippen LogP contribution >= 0.6 is 0 Å². The van der Waals surface area contributed by atoms with E-state index in [-0.39, 0.29) is 40.4 Å². The van der Waals surface area contributed by atoms with Crippen molar-refractivity contribution in [3.63, 3.8) is 0 Å². The normalized spacial score (nSPS) is 15.1. The van der Waals surface area contributed by atoms with Crippen molar-refractivity contribution >= 4 is 34.9 Å². The van der Waals surface area contributed by atoms with Gasteiger partial charge in [-0.25, -0.2) is 4.79 Å². The molecule has 2 aromatic carbocycles. The van der Waals surface area contributed by atoms with E-state index < -0.39 is 17.7 Å². The number of halogens is 3. The molecular weight excluding hydrogens is 513 g/mol. The predicted molar refractivity (Wildman–Crippen MR) is 145 cm³/mol. The third-order valence-corrected chi connectivity index (χ3v) is 6.22. The molecule has 0 amide bonds. The lowest BCUT2D eigenvalue weighted by atomic mass is 9.96. The fourth-order valence-corrected chi connectivity index (χ4v) is 4.50. The Morgan fingerprint density at radius 3 is 2.44 bits per heavy atom. The van der Waals surface area contributed by atoms with Gasteiger partial charge in [-0.15, -0.1) is 0 Å². The van der Waals surface area contributed by atoms with Gasteiger partial charge in [0, 0.05) is 36.0 Å². The molecule has 0 spiro atoms. The van der Waals surface area contributed by atoms with Crippen molar-refractivity contribution in [3.8, 4) is 0 Å². The number of aldehydes is 1. The number of hydrogen-bond acceptors (Lipinski definition) is 8. The molecular formula is C28H33F3N4O4. The van der Waals surface area contributed by atoms with Crippen LogP contribution < -0.4 is 10.6 Å². The van der Waals surface area contributed by atoms with E-state index in [4.69, 9.17) is 9.57 Å². The van der Waals surface area contributed by atoms with Crippen LogP contribution in [0.3, 0.4) is 0 Å². The summed E-state index contributed by atoms with van der Waals surface area (Å²) >= 11 is 0. The summed E-state index contributed by atoms with van der Waals surface area (Å²) in [5, 5.41) is 9.97. The van der Waals surface area contributed by atoms with Gasteiger partial charge in [0.05, 0.1) is 29.6 Å². The number of carbonyl (C=O) groups excluding carboxylic acids is 2. The predicted octanol–water partition coefficient (Wildman–Crippen LogP) is 5.41. The molecule has 2 N–H and O–H groups in total. The van der Waals surface area contributed by atoms with Crippen molar-refractivity contribution in [1.82, 2.24) is 4.90 Å². The molecule has 1 aliphatic heterocycles. The highest BCUT2D eigenvalue weighted by Gasteiger charge is 2.36. The Kier molecular flexibility index (Phi) is 10.1. The number of esters is 1. The lowest BCUT2D eigenvalue weighted by Crippen LogP contribution is -2.29. The van der Waals surface area contributed by atoms with E-state index in [1.54, 1.807) is 6.07 Å². The number of carbonyl (C=O) groups is 2. The quantitative estimate of drug-likeness (QED) is 0.121. The number of oxime groups is 1. The van der Waals surface area contributed by atoms with E-state index in [0.717, 1.165) is 32.0 Å². The van der Waals surface area contributed by atoms with Gasteiger partial charge in [-0.05, 0) is 50.2 Å². The van der Waals surface area contributed by atoms with Crippen LogP contribution in [0.1, 0.15) is 53.7 Å². The van der Waals surface area contributed by atoms with E-state index >= 15 is 0 Å². The molecule has 1 aliphatic rings. The maximum atomic E-state index is 13.7. The molecule has 3 rings (SSSR count). The number of benzene rings is 2. The summed E-state index contributed by atoms with van der Waals surface area (Å²) in [5.74, 6) is -0.573. The van der Waals surface area contributed by atoms with Gasteiger partial charge in [-0.3, -0.25) is 9.69 Å². The van der Waals surface area contributed by atoms with E-state index in [1.807, 2.05) is 0 Å². The minimum atomic E-state index is -4.64. The lowest BCUT2D eigenvalue weighted by Gasteiger charge is -2.20. The first kappa shape index (κ1) is 29.7. The topological polar surface area (TPSA) is 92.3 Å². The molecule has 0 aliphatic carbocycles. The molecule has 0 unspecified atom stereocenters. The van der Waals surface area contributed by atoms with E-state index in [1.165, 1.54) is 38.4 Å². The highest BCUT2D eigenvalue weighted by Crippen LogP contribution is 2.40. The number of hydrogen-bond donors (Lipinski definition) is 2. The third-order valence-electron chi connectivity index (χ3n) is 6.22. The Bertz CT molecular complexity index is 1250. The average molecular weight is 547 g/mol. The summed E-state index contributed by atoms with van der Waals surface area (Å²) < 4.78 is 46.0. The monoisotopic (exact) mass is 546 g/mol. The third kappa shape index (κ3) is 6.78. The first-order chi connectivity index (χ1) is 18.7. The summed E-state index contributed by atoms with van der Waals surface area (Å²) in [4.78, 5) is 32.5. The van der Waals surface area contributed by atoms with E-state index in [9.17, 15) is 22.8 Å². The summed E-state index contributed by atoms with van der Waals surface area (Å²) in [6.45, 7) is 6.87. The maximum absolute atomic E-state index is 13.7. The summed E-state index contributed by atoms with van der Waals surface area (Å²) in [6, 6.07) is 8.30. The number of ether oxygens (including phenoxy) is 1. The van der Waals surface area contributed by atoms with Gasteiger partial charge < -0.3 is 20.2 Å². The van der Waals surface area contributed by atoms with Crippen LogP contribution in [0.4, 0.5) is 24.5 Å². The lowest BCUT2D eigenvalue weighted by molar-refractivity contribution is -0.137. The molecule has 0 aromatic heterocycles. The van der Waals surface area contributed by atoms with Gasteiger partial charge >= 0.3 is 12.1 Å². The summed E-state index contributed by atoms with van der Waals surface area (Å²) in [6.07, 6.45) is -2.19. The van der Waals surface area contributed by atoms with Crippen molar-refractivity contribution < 1.29 is 32.3 Å². The fourth-order valence-electron chi connectivity index (χ4n) is 4.50. The van der Waals surface area contributed by atoms with Crippen LogP contribution in [0.5, 0.6) is 0 Å². The first-order valence-corrected chi connectivity index (χ1v) is 12.7. The first-order valence-electron chi connectivity index (χ1n) is 12.7. The number of alkyl halides is 3. The number of anilines is 2. The SMILES string of the molecule is CCCN(CCC)CCON=C1/C(=C(/C=O)c2cccc(C(F)(F)F)c2NC)Nc2ccc(C(=O)OC)cc21. The van der Waals surface area contributed by atoms with Crippen molar-refractivity contribution in [2.75, 3.05) is 51.0 Å². The van der Waals surface area contributed by atoms with Crippen molar-refractivity contribution in [2.45, 2.75) is 32.9 Å². The zero-order valence-electron chi connectivity index (χ0n) is 22.4. The number of methoxy groups -OCH3 is 1. The molecule has 8 nitrogen and oxygen atoms in total. The number of fused-ring (bicyclic) bond motifs is 1. The molecule has 0 bridgehead atoms. The minimum absolute atomic E-state index is 0.0376. The number of rotatable bonds is 12. The van der Waals surface area contributed by atoms with Gasteiger partial charge in [-0.2, -0.15) is 13.2 Å². The molecule has 0 saturated carbocycles. The molecule has 0 saturated heterocycles. The number of nitrogens with zero attached hydrogens (tertiary/aromatic N) is 2. The number of allylic oxidation sites excluding steroid dienone is 2. The Labute approximate surface area is 225 Å². The molecule has 1 heterocycles. The Hall–Kier alpha value is -3.86. The second kappa shape index (κ2) is 13.3. The molecule has 39 heavy (non-hydrogen) atoms. The fraction of sp³-hybridized carbons (Fsp3) is 0.393. The van der Waals surface area contributed by atoms with Gasteiger partial charge in [0.2, 0.25) is 0 Å². The molecule has 11 heteroatoms. The van der Waals surface area contributed by atoms with Gasteiger partial charge in [-0.1, -0.05) is 31.1 Å². The Morgan fingerprint density at radius 1 is 1.13 bits per heavy atom. The standard InChI is InChI=1S/C28H33F3N4O4/c1-5-12-35(13-6-2)14-15-39-34-26-20-16-18(27(37)38-4)10-11-23(20)33-25(26)21(17-36)19-8-7-9-22(24(19)32-3)28(29,30)31/h7-11,16-17,32-33H,5-6,12-15H2,1-4H3/b25-21+,34-26?. The van der Waals surface area contributed by atoms with Crippen LogP contribution in [0.2, 0.25) is 0 Å². The van der Waals surface area contributed by atoms with Crippen molar-refractivity contribution in [2.24, 2.45) is 5.16 Å². The van der Waals surface area contributed by atoms with Crippen LogP contribution in [0.25, 0.3) is 5.57 Å². The largest absolute Gasteiger partial charge is 0.465 e. The van der Waals surface area contributed by atoms with E-state index in [0.29, 0.717) is 24.1 Å². The number of nitrogens with one attached hydrogen (secondary N) is 2. The zero-order valence-corrected chi connectivity index (χ0v) is 22.4. The molecule has 210 valence electrons. The Morgan fingerprint density at radius 2 is 1.85 bits per heavy atom. The second-order valence-electron chi connectivity index (χ2n) is 8.87. The van der Waals surface area contributed by atoms with Crippen LogP contribution in [0, 0.1) is 0 Å².